The number of nitro groups is 1. The number of hydrogen-bond donors (Lipinski definition) is 2. The van der Waals surface area contributed by atoms with Crippen molar-refractivity contribution in [1.29, 1.82) is 0 Å². The van der Waals surface area contributed by atoms with Crippen LogP contribution < -0.4 is 10.6 Å². The van der Waals surface area contributed by atoms with Crippen LogP contribution in [0.4, 0.5) is 17.3 Å². The molecule has 0 aliphatic heterocycles. The van der Waals surface area contributed by atoms with Crippen molar-refractivity contribution in [1.82, 2.24) is 9.97 Å². The first-order chi connectivity index (χ1) is 7.10. The lowest BCUT2D eigenvalue weighted by molar-refractivity contribution is -0.383. The van der Waals surface area contributed by atoms with Crippen LogP contribution >= 0.6 is 11.6 Å². The second kappa shape index (κ2) is 4.74. The summed E-state index contributed by atoms with van der Waals surface area (Å²) < 4.78 is 0. The third-order valence-corrected chi connectivity index (χ3v) is 1.79. The molecule has 82 valence electrons. The zero-order valence-corrected chi connectivity index (χ0v) is 9.00. The molecular formula is C7H10ClN5O2. The fourth-order valence-electron chi connectivity index (χ4n) is 1.07. The number of rotatable bonds is 4. The lowest BCUT2D eigenvalue weighted by Crippen LogP contribution is -2.08. The smallest absolute Gasteiger partial charge is 0.353 e. The number of nitrogens with one attached hydrogen (secondary N) is 2. The summed E-state index contributed by atoms with van der Waals surface area (Å²) in [5.41, 5.74) is -0.205. The van der Waals surface area contributed by atoms with E-state index in [9.17, 15) is 10.1 Å². The van der Waals surface area contributed by atoms with Crippen molar-refractivity contribution in [2.75, 3.05) is 24.2 Å². The zero-order chi connectivity index (χ0) is 11.4. The van der Waals surface area contributed by atoms with E-state index in [0.717, 1.165) is 0 Å². The molecule has 0 aromatic carbocycles. The van der Waals surface area contributed by atoms with Gasteiger partial charge in [-0.05, 0) is 18.5 Å². The maximum Gasteiger partial charge on any atom is 0.353 e. The summed E-state index contributed by atoms with van der Waals surface area (Å²) in [5, 5.41) is 16.1. The van der Waals surface area contributed by atoms with Crippen molar-refractivity contribution < 1.29 is 4.92 Å². The van der Waals surface area contributed by atoms with E-state index in [-0.39, 0.29) is 22.6 Å². The molecule has 0 aliphatic carbocycles. The van der Waals surface area contributed by atoms with E-state index >= 15 is 0 Å². The molecule has 1 heterocycles. The summed E-state index contributed by atoms with van der Waals surface area (Å²) in [6.45, 7) is 2.32. The van der Waals surface area contributed by atoms with Crippen molar-refractivity contribution in [3.05, 3.63) is 15.4 Å². The van der Waals surface area contributed by atoms with Crippen LogP contribution in [0.25, 0.3) is 0 Å². The highest BCUT2D eigenvalue weighted by molar-refractivity contribution is 6.28. The molecule has 0 saturated carbocycles. The minimum Gasteiger partial charge on any atom is -0.367 e. The largest absolute Gasteiger partial charge is 0.367 e. The molecule has 15 heavy (non-hydrogen) atoms. The number of nitrogens with zero attached hydrogens (tertiary/aromatic N) is 3. The Balaban J connectivity index is 3.33. The van der Waals surface area contributed by atoms with Crippen LogP contribution in [0.3, 0.4) is 0 Å². The molecule has 0 saturated heterocycles. The van der Waals surface area contributed by atoms with Crippen molar-refractivity contribution >= 4 is 28.9 Å². The van der Waals surface area contributed by atoms with Crippen LogP contribution in [0.1, 0.15) is 6.92 Å². The van der Waals surface area contributed by atoms with Gasteiger partial charge in [-0.3, -0.25) is 10.1 Å². The van der Waals surface area contributed by atoms with Gasteiger partial charge in [0.25, 0.3) is 0 Å². The number of halogens is 1. The average molecular weight is 232 g/mol. The molecular weight excluding hydrogens is 222 g/mol. The summed E-state index contributed by atoms with van der Waals surface area (Å²) >= 11 is 5.62. The van der Waals surface area contributed by atoms with Crippen LogP contribution in [0.15, 0.2) is 0 Å². The molecule has 0 bridgehead atoms. The quantitative estimate of drug-likeness (QED) is 0.464. The van der Waals surface area contributed by atoms with E-state index in [4.69, 9.17) is 11.6 Å². The van der Waals surface area contributed by atoms with Gasteiger partial charge in [-0.2, -0.15) is 9.97 Å². The zero-order valence-electron chi connectivity index (χ0n) is 8.24. The summed E-state index contributed by atoms with van der Waals surface area (Å²) in [6, 6.07) is 0. The fourth-order valence-corrected chi connectivity index (χ4v) is 1.23. The average Bonchev–Trinajstić information content (AvgIpc) is 2.16. The van der Waals surface area contributed by atoms with Crippen molar-refractivity contribution in [3.8, 4) is 0 Å². The van der Waals surface area contributed by atoms with Crippen molar-refractivity contribution in [2.24, 2.45) is 0 Å². The Morgan fingerprint density at radius 3 is 2.53 bits per heavy atom. The van der Waals surface area contributed by atoms with E-state index in [1.807, 2.05) is 0 Å². The summed E-state index contributed by atoms with van der Waals surface area (Å²) in [5.74, 6) is 0.211. The fraction of sp³-hybridized carbons (Fsp3) is 0.429. The molecule has 0 spiro atoms. The molecule has 7 nitrogen and oxygen atoms in total. The monoisotopic (exact) mass is 231 g/mol. The summed E-state index contributed by atoms with van der Waals surface area (Å²) in [6.07, 6.45) is 0. The number of anilines is 2. The first kappa shape index (κ1) is 11.4. The van der Waals surface area contributed by atoms with Crippen molar-refractivity contribution in [2.45, 2.75) is 6.92 Å². The maximum absolute atomic E-state index is 10.8. The molecule has 0 atom stereocenters. The normalized spacial score (nSPS) is 9.80. The van der Waals surface area contributed by atoms with Crippen LogP contribution in [0, 0.1) is 10.1 Å². The predicted molar refractivity (Wildman–Crippen MR) is 57.4 cm³/mol. The molecule has 0 amide bonds. The van der Waals surface area contributed by atoms with Gasteiger partial charge < -0.3 is 10.6 Å². The molecule has 0 fully saturated rings. The lowest BCUT2D eigenvalue weighted by Gasteiger charge is -2.06. The first-order valence-corrected chi connectivity index (χ1v) is 4.61. The number of hydrogen-bond acceptors (Lipinski definition) is 6. The van der Waals surface area contributed by atoms with Crippen LogP contribution in [0.2, 0.25) is 5.28 Å². The van der Waals surface area contributed by atoms with Gasteiger partial charge in [-0.1, -0.05) is 0 Å². The highest BCUT2D eigenvalue weighted by atomic mass is 35.5. The Kier molecular flexibility index (Phi) is 3.62. The van der Waals surface area contributed by atoms with Gasteiger partial charge >= 0.3 is 5.69 Å². The molecule has 2 N–H and O–H groups in total. The highest BCUT2D eigenvalue weighted by Gasteiger charge is 2.23. The van der Waals surface area contributed by atoms with Crippen molar-refractivity contribution in [3.63, 3.8) is 0 Å². The second-order valence-corrected chi connectivity index (χ2v) is 2.91. The van der Waals surface area contributed by atoms with Crippen LogP contribution in [0.5, 0.6) is 0 Å². The lowest BCUT2D eigenvalue weighted by atomic mass is 10.4. The molecule has 1 rings (SSSR count). The minimum absolute atomic E-state index is 0.0408. The van der Waals surface area contributed by atoms with Crippen LogP contribution in [-0.2, 0) is 0 Å². The first-order valence-electron chi connectivity index (χ1n) is 4.23. The van der Waals surface area contributed by atoms with Gasteiger partial charge in [-0.25, -0.2) is 0 Å². The van der Waals surface area contributed by atoms with E-state index < -0.39 is 4.92 Å². The Morgan fingerprint density at radius 1 is 1.47 bits per heavy atom. The van der Waals surface area contributed by atoms with Crippen LogP contribution in [-0.4, -0.2) is 28.5 Å². The minimum atomic E-state index is -0.555. The van der Waals surface area contributed by atoms with Gasteiger partial charge in [0.1, 0.15) is 0 Å². The van der Waals surface area contributed by atoms with E-state index in [1.165, 1.54) is 7.05 Å². The van der Waals surface area contributed by atoms with Gasteiger partial charge in [0.15, 0.2) is 0 Å². The van der Waals surface area contributed by atoms with Gasteiger partial charge in [0, 0.05) is 13.6 Å². The van der Waals surface area contributed by atoms with E-state index in [0.29, 0.717) is 6.54 Å². The van der Waals surface area contributed by atoms with E-state index in [1.54, 1.807) is 6.92 Å². The molecule has 0 radical (unpaired) electrons. The second-order valence-electron chi connectivity index (χ2n) is 2.58. The highest BCUT2D eigenvalue weighted by Crippen LogP contribution is 2.30. The third-order valence-electron chi connectivity index (χ3n) is 1.62. The van der Waals surface area contributed by atoms with E-state index in [2.05, 4.69) is 20.6 Å². The van der Waals surface area contributed by atoms with Gasteiger partial charge in [0.2, 0.25) is 16.9 Å². The summed E-state index contributed by atoms with van der Waals surface area (Å²) in [7, 11) is 1.53. The molecule has 8 heteroatoms. The maximum atomic E-state index is 10.8. The standard InChI is InChI=1S/C7H10ClN5O2/c1-3-10-6-4(13(14)15)5(9-2)11-7(8)12-6/h3H2,1-2H3,(H2,9,10,11,12). The summed E-state index contributed by atoms with van der Waals surface area (Å²) in [4.78, 5) is 17.7. The third kappa shape index (κ3) is 2.44. The molecule has 1 aromatic rings. The Morgan fingerprint density at radius 2 is 2.07 bits per heavy atom. The topological polar surface area (TPSA) is 93.0 Å². The Hall–Kier alpha value is -1.63. The molecule has 0 unspecified atom stereocenters. The van der Waals surface area contributed by atoms with Gasteiger partial charge in [-0.15, -0.1) is 0 Å². The Labute approximate surface area is 91.0 Å². The SMILES string of the molecule is CCNc1nc(Cl)nc(NC)c1[N+](=O)[O-]. The van der Waals surface area contributed by atoms with Gasteiger partial charge in [0.05, 0.1) is 4.92 Å². The molecule has 1 aromatic heterocycles. The predicted octanol–water partition coefficient (Wildman–Crippen LogP) is 1.51. The number of aromatic nitrogens is 2. The Bertz CT molecular complexity index is 384. The molecule has 0 aliphatic rings.